The molecule has 0 aromatic heterocycles. The van der Waals surface area contributed by atoms with E-state index in [4.69, 9.17) is 15.3 Å². The Labute approximate surface area is 125 Å². The van der Waals surface area contributed by atoms with Crippen molar-refractivity contribution < 1.29 is 9.47 Å². The Morgan fingerprint density at radius 2 is 1.90 bits per heavy atom. The van der Waals surface area contributed by atoms with Gasteiger partial charge in [-0.15, -0.1) is 0 Å². The van der Waals surface area contributed by atoms with E-state index in [1.54, 1.807) is 14.2 Å². The molecule has 112 valence electrons. The van der Waals surface area contributed by atoms with Crippen molar-refractivity contribution in [3.63, 3.8) is 0 Å². The summed E-state index contributed by atoms with van der Waals surface area (Å²) in [5, 5.41) is 4.03. The number of hydrogen-bond acceptors (Lipinski definition) is 5. The maximum Gasteiger partial charge on any atom is 0.161 e. The maximum absolute atomic E-state index is 5.61. The lowest BCUT2D eigenvalue weighted by atomic mass is 9.83. The molecular formula is C16H21N3O2. The molecule has 21 heavy (non-hydrogen) atoms. The average molecular weight is 287 g/mol. The van der Waals surface area contributed by atoms with Gasteiger partial charge >= 0.3 is 0 Å². The Morgan fingerprint density at radius 1 is 1.19 bits per heavy atom. The van der Waals surface area contributed by atoms with Crippen molar-refractivity contribution in [3.8, 4) is 11.5 Å². The van der Waals surface area contributed by atoms with E-state index in [0.717, 1.165) is 54.4 Å². The second-order valence-corrected chi connectivity index (χ2v) is 5.42. The molecule has 2 N–H and O–H groups in total. The minimum Gasteiger partial charge on any atom is -0.493 e. The lowest BCUT2D eigenvalue weighted by Gasteiger charge is -2.43. The molecule has 0 saturated carbocycles. The zero-order chi connectivity index (χ0) is 14.8. The summed E-state index contributed by atoms with van der Waals surface area (Å²) < 4.78 is 10.6. The van der Waals surface area contributed by atoms with E-state index in [1.165, 1.54) is 0 Å². The van der Waals surface area contributed by atoms with E-state index in [0.29, 0.717) is 5.92 Å². The molecule has 0 unspecified atom stereocenters. The minimum atomic E-state index is 0.506. The lowest BCUT2D eigenvalue weighted by Crippen LogP contribution is -2.46. The van der Waals surface area contributed by atoms with E-state index in [9.17, 15) is 0 Å². The molecule has 0 amide bonds. The first-order valence-electron chi connectivity index (χ1n) is 7.23. The number of nitrogens with two attached hydrogens (primary N) is 1. The molecule has 1 aromatic carbocycles. The van der Waals surface area contributed by atoms with E-state index < -0.39 is 0 Å². The molecule has 0 radical (unpaired) electrons. The first-order chi connectivity index (χ1) is 10.3. The van der Waals surface area contributed by atoms with Crippen LogP contribution in [0.2, 0.25) is 0 Å². The molecule has 3 saturated heterocycles. The van der Waals surface area contributed by atoms with Gasteiger partial charge in [0.25, 0.3) is 0 Å². The third-order valence-corrected chi connectivity index (χ3v) is 4.33. The van der Waals surface area contributed by atoms with Gasteiger partial charge in [-0.25, -0.2) is 0 Å². The largest absolute Gasteiger partial charge is 0.493 e. The monoisotopic (exact) mass is 287 g/mol. The summed E-state index contributed by atoms with van der Waals surface area (Å²) in [6.45, 7) is 2.17. The highest BCUT2D eigenvalue weighted by Gasteiger charge is 2.34. The van der Waals surface area contributed by atoms with Crippen LogP contribution in [0.1, 0.15) is 18.4 Å². The van der Waals surface area contributed by atoms with Crippen molar-refractivity contribution in [1.82, 2.24) is 4.90 Å². The summed E-state index contributed by atoms with van der Waals surface area (Å²) in [6.07, 6.45) is 4.44. The summed E-state index contributed by atoms with van der Waals surface area (Å²) in [4.78, 5) is 2.36. The number of allylic oxidation sites excluding steroid dienone is 1. The van der Waals surface area contributed by atoms with Crippen LogP contribution in [0.25, 0.3) is 6.08 Å². The third kappa shape index (κ3) is 2.44. The Kier molecular flexibility index (Phi) is 3.73. The van der Waals surface area contributed by atoms with Crippen LogP contribution in [-0.2, 0) is 0 Å². The van der Waals surface area contributed by atoms with Crippen molar-refractivity contribution in [2.75, 3.05) is 27.3 Å². The maximum atomic E-state index is 5.61. The fraction of sp³-hybridized carbons (Fsp3) is 0.438. The summed E-state index contributed by atoms with van der Waals surface area (Å²) in [6, 6.07) is 5.91. The van der Waals surface area contributed by atoms with Gasteiger partial charge < -0.3 is 20.2 Å². The molecule has 3 fully saturated rings. The number of fused-ring (bicyclic) bond motifs is 3. The van der Waals surface area contributed by atoms with Crippen molar-refractivity contribution in [2.45, 2.75) is 12.8 Å². The van der Waals surface area contributed by atoms with Crippen LogP contribution in [0.3, 0.4) is 0 Å². The van der Waals surface area contributed by atoms with Gasteiger partial charge in [0, 0.05) is 19.0 Å². The van der Waals surface area contributed by atoms with E-state index >= 15 is 0 Å². The number of hydrogen-bond donors (Lipinski definition) is 1. The second kappa shape index (κ2) is 5.68. The fourth-order valence-electron chi connectivity index (χ4n) is 3.20. The quantitative estimate of drug-likeness (QED) is 0.683. The molecule has 0 atom stereocenters. The van der Waals surface area contributed by atoms with E-state index in [-0.39, 0.29) is 0 Å². The normalized spacial score (nSPS) is 22.1. The van der Waals surface area contributed by atoms with Gasteiger partial charge in [0.1, 0.15) is 0 Å². The number of hydrazone groups is 1. The van der Waals surface area contributed by atoms with Crippen LogP contribution < -0.4 is 15.3 Å². The fourth-order valence-corrected chi connectivity index (χ4v) is 3.20. The van der Waals surface area contributed by atoms with Crippen LogP contribution in [0, 0.1) is 5.92 Å². The van der Waals surface area contributed by atoms with Gasteiger partial charge in [-0.3, -0.25) is 0 Å². The third-order valence-electron chi connectivity index (χ3n) is 4.33. The summed E-state index contributed by atoms with van der Waals surface area (Å²) >= 11 is 0. The van der Waals surface area contributed by atoms with Crippen molar-refractivity contribution in [1.29, 1.82) is 0 Å². The molecule has 4 rings (SSSR count). The van der Waals surface area contributed by atoms with Gasteiger partial charge in [-0.1, -0.05) is 6.07 Å². The molecule has 5 nitrogen and oxygen atoms in total. The summed E-state index contributed by atoms with van der Waals surface area (Å²) in [5.41, 5.74) is 3.24. The van der Waals surface area contributed by atoms with Gasteiger partial charge in [-0.2, -0.15) is 5.10 Å². The highest BCUT2D eigenvalue weighted by atomic mass is 16.5. The van der Waals surface area contributed by atoms with Crippen molar-refractivity contribution >= 4 is 11.8 Å². The summed E-state index contributed by atoms with van der Waals surface area (Å²) in [7, 11) is 3.29. The van der Waals surface area contributed by atoms with E-state index in [2.05, 4.69) is 16.1 Å². The topological polar surface area (TPSA) is 60.1 Å². The van der Waals surface area contributed by atoms with Crippen molar-refractivity contribution in [3.05, 3.63) is 29.5 Å². The minimum absolute atomic E-state index is 0.506. The molecule has 3 aliphatic rings. The molecule has 3 aliphatic heterocycles. The predicted octanol–water partition coefficient (Wildman–Crippen LogP) is 2.08. The van der Waals surface area contributed by atoms with Gasteiger partial charge in [0.15, 0.2) is 11.5 Å². The molecule has 0 aliphatic carbocycles. The number of rotatable bonds is 3. The Balaban J connectivity index is 1.97. The Bertz CT molecular complexity index is 587. The smallest absolute Gasteiger partial charge is 0.161 e. The van der Waals surface area contributed by atoms with Gasteiger partial charge in [0.2, 0.25) is 0 Å². The molecule has 5 heteroatoms. The number of piperidine rings is 3. The Hall–Kier alpha value is -2.17. The molecule has 2 bridgehead atoms. The zero-order valence-corrected chi connectivity index (χ0v) is 12.5. The van der Waals surface area contributed by atoms with Gasteiger partial charge in [-0.05, 0) is 36.6 Å². The molecular weight excluding hydrogens is 266 g/mol. The highest BCUT2D eigenvalue weighted by Crippen LogP contribution is 2.34. The van der Waals surface area contributed by atoms with Crippen LogP contribution in [0.15, 0.2) is 29.0 Å². The summed E-state index contributed by atoms with van der Waals surface area (Å²) in [5.74, 6) is 7.58. The lowest BCUT2D eigenvalue weighted by molar-refractivity contribution is 0.242. The SMILES string of the molecule is COc1ccc(/C=C2\C(=N\N)C3CCN2CC3)cc1OC. The van der Waals surface area contributed by atoms with Crippen LogP contribution >= 0.6 is 0 Å². The number of ether oxygens (including phenoxy) is 2. The number of nitrogens with zero attached hydrogens (tertiary/aromatic N) is 2. The van der Waals surface area contributed by atoms with Gasteiger partial charge in [0.05, 0.1) is 25.6 Å². The van der Waals surface area contributed by atoms with Crippen LogP contribution in [0.5, 0.6) is 11.5 Å². The molecule has 0 spiro atoms. The standard InChI is InChI=1S/C16H21N3O2/c1-20-14-4-3-11(10-15(14)21-2)9-13-16(18-17)12-5-7-19(13)8-6-12/h3-4,9-10,12H,5-8,17H2,1-2H3/b13-9+,18-16+. The first kappa shape index (κ1) is 13.8. The van der Waals surface area contributed by atoms with Crippen molar-refractivity contribution in [2.24, 2.45) is 16.9 Å². The van der Waals surface area contributed by atoms with E-state index in [1.807, 2.05) is 18.2 Å². The Morgan fingerprint density at radius 3 is 2.52 bits per heavy atom. The predicted molar refractivity (Wildman–Crippen MR) is 83.4 cm³/mol. The average Bonchev–Trinajstić information content (AvgIpc) is 2.55. The number of benzene rings is 1. The second-order valence-electron chi connectivity index (χ2n) is 5.42. The number of methoxy groups -OCH3 is 2. The highest BCUT2D eigenvalue weighted by molar-refractivity contribution is 6.05. The zero-order valence-electron chi connectivity index (χ0n) is 12.5. The first-order valence-corrected chi connectivity index (χ1v) is 7.23. The molecule has 3 heterocycles. The van der Waals surface area contributed by atoms with Crippen LogP contribution in [0.4, 0.5) is 0 Å². The molecule has 1 aromatic rings. The van der Waals surface area contributed by atoms with Crippen LogP contribution in [-0.4, -0.2) is 37.9 Å².